The van der Waals surface area contributed by atoms with Crippen molar-refractivity contribution in [2.75, 3.05) is 6.54 Å². The Bertz CT molecular complexity index is 196. The monoisotopic (exact) mass is 229 g/mol. The molecule has 0 aromatic carbocycles. The Morgan fingerprint density at radius 3 is 2.07 bits per heavy atom. The van der Waals surface area contributed by atoms with E-state index in [0.29, 0.717) is 0 Å². The smallest absolute Gasteiger partial charge is 0.226 e. The van der Waals surface area contributed by atoms with Crippen molar-refractivity contribution in [3.63, 3.8) is 0 Å². The lowest BCUT2D eigenvalue weighted by Crippen LogP contribution is -2.44. The van der Waals surface area contributed by atoms with Gasteiger partial charge in [0, 0.05) is 0 Å². The second-order valence-electron chi connectivity index (χ2n) is 4.35. The molecule has 2 nitrogen and oxygen atoms in total. The minimum atomic E-state index is -1.83. The third-order valence-electron chi connectivity index (χ3n) is 2.29. The lowest BCUT2D eigenvalue weighted by Gasteiger charge is -2.32. The Labute approximate surface area is 90.1 Å². The predicted octanol–water partition coefficient (Wildman–Crippen LogP) is 2.58. The van der Waals surface area contributed by atoms with Crippen LogP contribution < -0.4 is 5.73 Å². The summed E-state index contributed by atoms with van der Waals surface area (Å²) in [6.07, 6.45) is 1.05. The van der Waals surface area contributed by atoms with Crippen molar-refractivity contribution in [1.29, 1.82) is 0 Å². The first-order chi connectivity index (χ1) is 6.39. The molecule has 4 heteroatoms. The molecule has 0 fully saturated rings. The standard InChI is InChI=1S/C10H23NOSi2/c1-6-14(5,7-2)12-13(3,4)10-8-9-11/h6-7H,1-2,8-11H2,3-5H3. The largest absolute Gasteiger partial charge is 0.450 e. The molecular formula is C10H23NOSi2. The molecule has 82 valence electrons. The van der Waals surface area contributed by atoms with Crippen LogP contribution in [-0.2, 0) is 4.12 Å². The third-order valence-corrected chi connectivity index (χ3v) is 9.44. The average Bonchev–Trinajstić information content (AvgIpc) is 2.14. The quantitative estimate of drug-likeness (QED) is 0.681. The highest BCUT2D eigenvalue weighted by Crippen LogP contribution is 2.20. The van der Waals surface area contributed by atoms with Gasteiger partial charge in [0.25, 0.3) is 0 Å². The minimum absolute atomic E-state index is 0.750. The van der Waals surface area contributed by atoms with Gasteiger partial charge in [0.2, 0.25) is 8.32 Å². The van der Waals surface area contributed by atoms with E-state index in [4.69, 9.17) is 9.85 Å². The van der Waals surface area contributed by atoms with Crippen molar-refractivity contribution in [2.24, 2.45) is 5.73 Å². The molecule has 0 bridgehead atoms. The first-order valence-corrected chi connectivity index (χ1v) is 10.7. The van der Waals surface area contributed by atoms with E-state index in [1.54, 1.807) is 0 Å². The maximum Gasteiger partial charge on any atom is 0.226 e. The molecular weight excluding hydrogens is 206 g/mol. The summed E-state index contributed by atoms with van der Waals surface area (Å²) in [5.41, 5.74) is 9.39. The lowest BCUT2D eigenvalue weighted by molar-refractivity contribution is 0.555. The van der Waals surface area contributed by atoms with Gasteiger partial charge >= 0.3 is 0 Å². The molecule has 0 aliphatic carbocycles. The van der Waals surface area contributed by atoms with Gasteiger partial charge < -0.3 is 9.85 Å². The van der Waals surface area contributed by atoms with Gasteiger partial charge in [-0.2, -0.15) is 0 Å². The molecule has 0 radical (unpaired) electrons. The van der Waals surface area contributed by atoms with Crippen molar-refractivity contribution in [3.05, 3.63) is 24.6 Å². The molecule has 0 saturated heterocycles. The van der Waals surface area contributed by atoms with Crippen LogP contribution in [0, 0.1) is 0 Å². The van der Waals surface area contributed by atoms with Gasteiger partial charge in [-0.1, -0.05) is 11.4 Å². The molecule has 0 heterocycles. The Hall–Kier alpha value is -0.166. The molecule has 0 amide bonds. The Balaban J connectivity index is 4.31. The third kappa shape index (κ3) is 4.90. The highest BCUT2D eigenvalue weighted by molar-refractivity contribution is 6.90. The van der Waals surface area contributed by atoms with E-state index < -0.39 is 16.6 Å². The maximum absolute atomic E-state index is 6.21. The van der Waals surface area contributed by atoms with E-state index in [9.17, 15) is 0 Å². The topological polar surface area (TPSA) is 35.2 Å². The van der Waals surface area contributed by atoms with Crippen molar-refractivity contribution >= 4 is 16.6 Å². The van der Waals surface area contributed by atoms with Gasteiger partial charge in [0.1, 0.15) is 0 Å². The van der Waals surface area contributed by atoms with Gasteiger partial charge in [0.15, 0.2) is 8.32 Å². The number of hydrogen-bond donors (Lipinski definition) is 1. The summed E-state index contributed by atoms with van der Waals surface area (Å²) in [4.78, 5) is 0. The van der Waals surface area contributed by atoms with Crippen molar-refractivity contribution in [2.45, 2.75) is 32.1 Å². The van der Waals surface area contributed by atoms with E-state index in [2.05, 4.69) is 32.8 Å². The number of hydrogen-bond acceptors (Lipinski definition) is 2. The summed E-state index contributed by atoms with van der Waals surface area (Å²) in [5, 5.41) is 0. The van der Waals surface area contributed by atoms with Gasteiger partial charge in [-0.3, -0.25) is 0 Å². The maximum atomic E-state index is 6.21. The molecule has 0 unspecified atom stereocenters. The Morgan fingerprint density at radius 2 is 1.71 bits per heavy atom. The van der Waals surface area contributed by atoms with Crippen LogP contribution >= 0.6 is 0 Å². The Morgan fingerprint density at radius 1 is 1.21 bits per heavy atom. The summed E-state index contributed by atoms with van der Waals surface area (Å²) < 4.78 is 6.21. The number of rotatable bonds is 7. The molecule has 0 rings (SSSR count). The average molecular weight is 229 g/mol. The fourth-order valence-electron chi connectivity index (χ4n) is 1.34. The zero-order valence-corrected chi connectivity index (χ0v) is 11.7. The van der Waals surface area contributed by atoms with Crippen molar-refractivity contribution in [1.82, 2.24) is 0 Å². The molecule has 0 saturated carbocycles. The second kappa shape index (κ2) is 5.65. The SMILES string of the molecule is C=C[Si](C)(C=C)O[Si](C)(C)CCCN. The summed E-state index contributed by atoms with van der Waals surface area (Å²) in [5.74, 6) is 0. The van der Waals surface area contributed by atoms with Crippen LogP contribution in [0.25, 0.3) is 0 Å². The van der Waals surface area contributed by atoms with Crippen LogP contribution in [0.3, 0.4) is 0 Å². The summed E-state index contributed by atoms with van der Waals surface area (Å²) in [7, 11) is -3.40. The normalized spacial score (nSPS) is 12.6. The van der Waals surface area contributed by atoms with Crippen LogP contribution in [0.5, 0.6) is 0 Å². The molecule has 0 aromatic heterocycles. The van der Waals surface area contributed by atoms with Crippen LogP contribution in [0.2, 0.25) is 25.7 Å². The highest BCUT2D eigenvalue weighted by Gasteiger charge is 2.31. The van der Waals surface area contributed by atoms with Gasteiger partial charge in [-0.05, 0) is 38.7 Å². The molecule has 2 N–H and O–H groups in total. The zero-order chi connectivity index (χ0) is 11.2. The Kier molecular flexibility index (Phi) is 5.58. The van der Waals surface area contributed by atoms with Gasteiger partial charge in [0.05, 0.1) is 0 Å². The number of nitrogens with two attached hydrogens (primary N) is 1. The van der Waals surface area contributed by atoms with Crippen LogP contribution in [0.1, 0.15) is 6.42 Å². The van der Waals surface area contributed by atoms with Crippen LogP contribution in [0.15, 0.2) is 24.6 Å². The van der Waals surface area contributed by atoms with E-state index in [-0.39, 0.29) is 0 Å². The summed E-state index contributed by atoms with van der Waals surface area (Å²) in [6, 6.07) is 1.12. The van der Waals surface area contributed by atoms with Crippen molar-refractivity contribution in [3.8, 4) is 0 Å². The minimum Gasteiger partial charge on any atom is -0.450 e. The molecule has 0 aliphatic rings. The molecule has 0 aromatic rings. The summed E-state index contributed by atoms with van der Waals surface area (Å²) in [6.45, 7) is 15.0. The molecule has 0 atom stereocenters. The van der Waals surface area contributed by atoms with Crippen LogP contribution in [0.4, 0.5) is 0 Å². The van der Waals surface area contributed by atoms with E-state index in [0.717, 1.165) is 19.0 Å². The predicted molar refractivity (Wildman–Crippen MR) is 69.1 cm³/mol. The second-order valence-corrected chi connectivity index (χ2v) is 12.4. The first-order valence-electron chi connectivity index (χ1n) is 5.06. The highest BCUT2D eigenvalue weighted by atomic mass is 28.4. The molecule has 14 heavy (non-hydrogen) atoms. The lowest BCUT2D eigenvalue weighted by atomic mass is 10.5. The van der Waals surface area contributed by atoms with Crippen molar-refractivity contribution < 1.29 is 4.12 Å². The van der Waals surface area contributed by atoms with E-state index in [1.807, 2.05) is 11.4 Å². The zero-order valence-electron chi connectivity index (χ0n) is 9.68. The fraction of sp³-hybridized carbons (Fsp3) is 0.600. The van der Waals surface area contributed by atoms with E-state index in [1.165, 1.54) is 0 Å². The van der Waals surface area contributed by atoms with Gasteiger partial charge in [-0.15, -0.1) is 13.2 Å². The fourth-order valence-corrected chi connectivity index (χ4v) is 8.40. The van der Waals surface area contributed by atoms with Crippen LogP contribution in [-0.4, -0.2) is 23.2 Å². The van der Waals surface area contributed by atoms with E-state index >= 15 is 0 Å². The molecule has 0 aliphatic heterocycles. The summed E-state index contributed by atoms with van der Waals surface area (Å²) >= 11 is 0. The molecule has 0 spiro atoms. The first kappa shape index (κ1) is 13.8. The van der Waals surface area contributed by atoms with Gasteiger partial charge in [-0.25, -0.2) is 0 Å².